The minimum atomic E-state index is -0.0381. The zero-order chi connectivity index (χ0) is 11.5. The van der Waals surface area contributed by atoms with E-state index in [4.69, 9.17) is 0 Å². The van der Waals surface area contributed by atoms with Gasteiger partial charge in [-0.25, -0.2) is 0 Å². The highest BCUT2D eigenvalue weighted by Gasteiger charge is 2.29. The summed E-state index contributed by atoms with van der Waals surface area (Å²) in [5.41, 5.74) is 0. The van der Waals surface area contributed by atoms with E-state index in [1.165, 1.54) is 32.1 Å². The SMILES string of the molecule is CC1CCCC(NCC2CCCC2O)C1C. The molecule has 2 fully saturated rings. The van der Waals surface area contributed by atoms with Gasteiger partial charge in [0.2, 0.25) is 0 Å². The molecule has 5 unspecified atom stereocenters. The Bertz CT molecular complexity index is 219. The lowest BCUT2D eigenvalue weighted by molar-refractivity contribution is 0.121. The number of hydrogen-bond acceptors (Lipinski definition) is 2. The highest BCUT2D eigenvalue weighted by molar-refractivity contribution is 4.85. The maximum absolute atomic E-state index is 9.80. The van der Waals surface area contributed by atoms with Crippen LogP contribution in [0.15, 0.2) is 0 Å². The van der Waals surface area contributed by atoms with Crippen LogP contribution in [0, 0.1) is 17.8 Å². The van der Waals surface area contributed by atoms with Crippen molar-refractivity contribution in [2.45, 2.75) is 64.5 Å². The van der Waals surface area contributed by atoms with E-state index in [9.17, 15) is 5.11 Å². The van der Waals surface area contributed by atoms with Crippen molar-refractivity contribution in [2.24, 2.45) is 17.8 Å². The lowest BCUT2D eigenvalue weighted by atomic mass is 9.78. The maximum atomic E-state index is 9.80. The van der Waals surface area contributed by atoms with Gasteiger partial charge in [0.15, 0.2) is 0 Å². The zero-order valence-corrected chi connectivity index (χ0v) is 10.8. The van der Waals surface area contributed by atoms with Gasteiger partial charge in [-0.05, 0) is 37.0 Å². The molecular weight excluding hydrogens is 198 g/mol. The second-order valence-electron chi connectivity index (χ2n) is 6.04. The number of aliphatic hydroxyl groups is 1. The molecule has 0 bridgehead atoms. The summed E-state index contributed by atoms with van der Waals surface area (Å²) < 4.78 is 0. The molecule has 0 aromatic rings. The molecule has 0 heterocycles. The Labute approximate surface area is 99.8 Å². The number of aliphatic hydroxyl groups excluding tert-OH is 1. The number of nitrogens with one attached hydrogen (secondary N) is 1. The Morgan fingerprint density at radius 2 is 1.81 bits per heavy atom. The molecule has 5 atom stereocenters. The van der Waals surface area contributed by atoms with E-state index in [0.717, 1.165) is 24.8 Å². The third kappa shape index (κ3) is 2.78. The normalized spacial score (nSPS) is 44.8. The Morgan fingerprint density at radius 1 is 1.06 bits per heavy atom. The fourth-order valence-electron chi connectivity index (χ4n) is 3.43. The molecule has 16 heavy (non-hydrogen) atoms. The van der Waals surface area contributed by atoms with Gasteiger partial charge in [0.05, 0.1) is 6.10 Å². The van der Waals surface area contributed by atoms with Crippen molar-refractivity contribution in [3.63, 3.8) is 0 Å². The molecule has 2 nitrogen and oxygen atoms in total. The van der Waals surface area contributed by atoms with Crippen LogP contribution < -0.4 is 5.32 Å². The first-order chi connectivity index (χ1) is 7.68. The topological polar surface area (TPSA) is 32.3 Å². The van der Waals surface area contributed by atoms with Crippen molar-refractivity contribution < 1.29 is 5.11 Å². The van der Waals surface area contributed by atoms with E-state index >= 15 is 0 Å². The number of rotatable bonds is 3. The molecule has 0 aliphatic heterocycles. The molecule has 2 aliphatic rings. The summed E-state index contributed by atoms with van der Waals surface area (Å²) in [6.45, 7) is 5.79. The van der Waals surface area contributed by atoms with E-state index in [2.05, 4.69) is 19.2 Å². The smallest absolute Gasteiger partial charge is 0.0580 e. The minimum Gasteiger partial charge on any atom is -0.393 e. The van der Waals surface area contributed by atoms with Gasteiger partial charge < -0.3 is 10.4 Å². The molecule has 0 aromatic heterocycles. The zero-order valence-electron chi connectivity index (χ0n) is 10.8. The Hall–Kier alpha value is -0.0800. The average Bonchev–Trinajstić information content (AvgIpc) is 2.67. The summed E-state index contributed by atoms with van der Waals surface area (Å²) in [5.74, 6) is 2.18. The van der Waals surface area contributed by atoms with Crippen LogP contribution in [0.4, 0.5) is 0 Å². The summed E-state index contributed by atoms with van der Waals surface area (Å²) in [7, 11) is 0. The molecule has 2 saturated carbocycles. The van der Waals surface area contributed by atoms with Crippen molar-refractivity contribution in [1.29, 1.82) is 0 Å². The van der Waals surface area contributed by atoms with E-state index in [-0.39, 0.29) is 6.10 Å². The van der Waals surface area contributed by atoms with Crippen LogP contribution in [0.25, 0.3) is 0 Å². The van der Waals surface area contributed by atoms with Crippen molar-refractivity contribution >= 4 is 0 Å². The Morgan fingerprint density at radius 3 is 2.50 bits per heavy atom. The first-order valence-electron chi connectivity index (χ1n) is 7.10. The van der Waals surface area contributed by atoms with Crippen LogP contribution >= 0.6 is 0 Å². The predicted octanol–water partition coefficient (Wildman–Crippen LogP) is 2.56. The van der Waals surface area contributed by atoms with Gasteiger partial charge >= 0.3 is 0 Å². The van der Waals surface area contributed by atoms with Crippen LogP contribution in [0.2, 0.25) is 0 Å². The molecule has 2 rings (SSSR count). The summed E-state index contributed by atoms with van der Waals surface area (Å²) in [6, 6.07) is 0.691. The highest BCUT2D eigenvalue weighted by Crippen LogP contribution is 2.30. The second kappa shape index (κ2) is 5.50. The molecule has 0 saturated heterocycles. The van der Waals surface area contributed by atoms with Crippen molar-refractivity contribution in [3.8, 4) is 0 Å². The third-order valence-electron chi connectivity index (χ3n) is 4.97. The van der Waals surface area contributed by atoms with Gasteiger partial charge in [-0.15, -0.1) is 0 Å². The average molecular weight is 225 g/mol. The van der Waals surface area contributed by atoms with Gasteiger partial charge in [-0.1, -0.05) is 33.1 Å². The van der Waals surface area contributed by atoms with Crippen LogP contribution in [-0.2, 0) is 0 Å². The van der Waals surface area contributed by atoms with Crippen molar-refractivity contribution in [2.75, 3.05) is 6.54 Å². The molecule has 0 aromatic carbocycles. The number of hydrogen-bond donors (Lipinski definition) is 2. The molecule has 0 amide bonds. The Kier molecular flexibility index (Phi) is 4.26. The highest BCUT2D eigenvalue weighted by atomic mass is 16.3. The standard InChI is InChI=1S/C14H27NO/c1-10-5-3-7-13(11(10)2)15-9-12-6-4-8-14(12)16/h10-16H,3-9H2,1-2H3. The van der Waals surface area contributed by atoms with Crippen LogP contribution in [-0.4, -0.2) is 23.8 Å². The monoisotopic (exact) mass is 225 g/mol. The minimum absolute atomic E-state index is 0.0381. The summed E-state index contributed by atoms with van der Waals surface area (Å²) in [6.07, 6.45) is 7.50. The summed E-state index contributed by atoms with van der Waals surface area (Å²) >= 11 is 0. The van der Waals surface area contributed by atoms with Gasteiger partial charge in [0, 0.05) is 12.6 Å². The lowest BCUT2D eigenvalue weighted by Crippen LogP contribution is -2.43. The van der Waals surface area contributed by atoms with Gasteiger partial charge in [-0.3, -0.25) is 0 Å². The largest absolute Gasteiger partial charge is 0.393 e. The Balaban J connectivity index is 1.76. The maximum Gasteiger partial charge on any atom is 0.0580 e. The van der Waals surface area contributed by atoms with E-state index < -0.39 is 0 Å². The molecule has 2 N–H and O–H groups in total. The van der Waals surface area contributed by atoms with Crippen molar-refractivity contribution in [1.82, 2.24) is 5.32 Å². The lowest BCUT2D eigenvalue weighted by Gasteiger charge is -2.35. The molecule has 2 aliphatic carbocycles. The van der Waals surface area contributed by atoms with Gasteiger partial charge in [-0.2, -0.15) is 0 Å². The first-order valence-corrected chi connectivity index (χ1v) is 7.10. The summed E-state index contributed by atoms with van der Waals surface area (Å²) in [5, 5.41) is 13.5. The quantitative estimate of drug-likeness (QED) is 0.773. The van der Waals surface area contributed by atoms with Crippen LogP contribution in [0.1, 0.15) is 52.4 Å². The molecule has 94 valence electrons. The van der Waals surface area contributed by atoms with Gasteiger partial charge in [0.1, 0.15) is 0 Å². The van der Waals surface area contributed by atoms with Crippen LogP contribution in [0.3, 0.4) is 0 Å². The summed E-state index contributed by atoms with van der Waals surface area (Å²) in [4.78, 5) is 0. The molecule has 2 heteroatoms. The molecular formula is C14H27NO. The molecule has 0 spiro atoms. The van der Waals surface area contributed by atoms with Gasteiger partial charge in [0.25, 0.3) is 0 Å². The predicted molar refractivity (Wildman–Crippen MR) is 67.3 cm³/mol. The van der Waals surface area contributed by atoms with Crippen molar-refractivity contribution in [3.05, 3.63) is 0 Å². The van der Waals surface area contributed by atoms with E-state index in [1.54, 1.807) is 0 Å². The third-order valence-corrected chi connectivity index (χ3v) is 4.97. The van der Waals surface area contributed by atoms with E-state index in [0.29, 0.717) is 12.0 Å². The van der Waals surface area contributed by atoms with E-state index in [1.807, 2.05) is 0 Å². The first kappa shape index (κ1) is 12.4. The van der Waals surface area contributed by atoms with Crippen LogP contribution in [0.5, 0.6) is 0 Å². The molecule has 0 radical (unpaired) electrons. The fourth-order valence-corrected chi connectivity index (χ4v) is 3.43. The fraction of sp³-hybridized carbons (Fsp3) is 1.00. The second-order valence-corrected chi connectivity index (χ2v) is 6.04.